The number of hydrogen-bond donors (Lipinski definition) is 0. The summed E-state index contributed by atoms with van der Waals surface area (Å²) >= 11 is 3.41. The summed E-state index contributed by atoms with van der Waals surface area (Å²) < 4.78 is 11.6. The minimum atomic E-state index is -0.841. The van der Waals surface area contributed by atoms with E-state index in [1.54, 1.807) is 53.7 Å². The molecule has 6 nitrogen and oxygen atoms in total. The molecule has 0 aliphatic rings. The second-order valence-electron chi connectivity index (χ2n) is 7.80. The Morgan fingerprint density at radius 2 is 1.50 bits per heavy atom. The number of fused-ring (bicyclic) bond motifs is 1. The van der Waals surface area contributed by atoms with Crippen molar-refractivity contribution < 1.29 is 19.1 Å². The van der Waals surface area contributed by atoms with Crippen LogP contribution in [-0.4, -0.2) is 28.4 Å². The van der Waals surface area contributed by atoms with Gasteiger partial charge in [0.1, 0.15) is 11.2 Å². The summed E-state index contributed by atoms with van der Waals surface area (Å²) in [5.41, 5.74) is -1.55. The van der Waals surface area contributed by atoms with E-state index in [1.807, 2.05) is 12.1 Å². The lowest BCUT2D eigenvalue weighted by atomic mass is 10.1. The van der Waals surface area contributed by atoms with Crippen molar-refractivity contribution >= 4 is 44.7 Å². The van der Waals surface area contributed by atoms with Gasteiger partial charge in [-0.15, -0.1) is 0 Å². The second kappa shape index (κ2) is 7.23. The Kier molecular flexibility index (Phi) is 5.61. The number of hydrogen-bond acceptors (Lipinski definition) is 5. The van der Waals surface area contributed by atoms with E-state index in [4.69, 9.17) is 9.47 Å². The molecule has 2 aromatic rings. The molecule has 0 atom stereocenters. The van der Waals surface area contributed by atoms with Gasteiger partial charge in [0, 0.05) is 16.1 Å². The lowest BCUT2D eigenvalue weighted by Crippen LogP contribution is -2.44. The summed E-state index contributed by atoms with van der Waals surface area (Å²) in [5, 5.41) is 1.45. The van der Waals surface area contributed by atoms with Crippen LogP contribution in [0.4, 0.5) is 15.4 Å². The zero-order chi connectivity index (χ0) is 19.7. The molecule has 2 amide bonds. The highest BCUT2D eigenvalue weighted by atomic mass is 79.9. The fourth-order valence-corrected chi connectivity index (χ4v) is 2.53. The maximum absolute atomic E-state index is 12.8. The van der Waals surface area contributed by atoms with Crippen molar-refractivity contribution in [2.24, 2.45) is 0 Å². The quantitative estimate of drug-likeness (QED) is 0.591. The van der Waals surface area contributed by atoms with Crippen LogP contribution in [0.1, 0.15) is 41.5 Å². The first-order valence-corrected chi connectivity index (χ1v) is 8.97. The summed E-state index contributed by atoms with van der Waals surface area (Å²) in [5.74, 6) is 0.160. The second-order valence-corrected chi connectivity index (χ2v) is 8.71. The molecule has 0 saturated carbocycles. The van der Waals surface area contributed by atoms with E-state index in [1.165, 1.54) is 6.20 Å². The van der Waals surface area contributed by atoms with Crippen LogP contribution < -0.4 is 4.90 Å². The third-order valence-corrected chi connectivity index (χ3v) is 3.56. The van der Waals surface area contributed by atoms with Crippen molar-refractivity contribution in [3.05, 3.63) is 34.9 Å². The largest absolute Gasteiger partial charge is 0.443 e. The Morgan fingerprint density at radius 3 is 2.00 bits per heavy atom. The van der Waals surface area contributed by atoms with E-state index in [0.29, 0.717) is 5.39 Å². The number of amides is 2. The van der Waals surface area contributed by atoms with E-state index in [2.05, 4.69) is 20.9 Å². The first kappa shape index (κ1) is 20.2. The highest BCUT2D eigenvalue weighted by Gasteiger charge is 2.34. The van der Waals surface area contributed by atoms with Gasteiger partial charge in [0.05, 0.1) is 0 Å². The zero-order valence-corrected chi connectivity index (χ0v) is 17.4. The molecule has 1 aromatic carbocycles. The lowest BCUT2D eigenvalue weighted by molar-refractivity contribution is 0.0429. The number of ether oxygens (including phenoxy) is 2. The Morgan fingerprint density at radius 1 is 0.962 bits per heavy atom. The predicted molar refractivity (Wildman–Crippen MR) is 104 cm³/mol. The predicted octanol–water partition coefficient (Wildman–Crippen LogP) is 5.67. The number of anilines is 1. The summed E-state index contributed by atoms with van der Waals surface area (Å²) in [6.07, 6.45) is -0.147. The summed E-state index contributed by atoms with van der Waals surface area (Å²) in [6.45, 7) is 10.4. The van der Waals surface area contributed by atoms with E-state index >= 15 is 0 Å². The van der Waals surface area contributed by atoms with Gasteiger partial charge in [-0.1, -0.05) is 22.0 Å². The fraction of sp³-hybridized carbons (Fsp3) is 0.421. The molecule has 0 unspecified atom stereocenters. The van der Waals surface area contributed by atoms with Crippen LogP contribution in [0.5, 0.6) is 0 Å². The molecule has 0 radical (unpaired) electrons. The van der Waals surface area contributed by atoms with Crippen molar-refractivity contribution in [3.8, 4) is 0 Å². The number of carbonyl (C=O) groups is 2. The van der Waals surface area contributed by atoms with Gasteiger partial charge in [-0.2, -0.15) is 4.90 Å². The Balaban J connectivity index is 2.59. The van der Waals surface area contributed by atoms with E-state index in [-0.39, 0.29) is 5.82 Å². The number of nitrogens with zero attached hydrogens (tertiary/aromatic N) is 2. The fourth-order valence-electron chi connectivity index (χ4n) is 2.17. The van der Waals surface area contributed by atoms with Gasteiger partial charge < -0.3 is 9.47 Å². The maximum Gasteiger partial charge on any atom is 0.425 e. The highest BCUT2D eigenvalue weighted by Crippen LogP contribution is 2.29. The summed E-state index contributed by atoms with van der Waals surface area (Å²) in [4.78, 5) is 30.6. The number of halogens is 1. The van der Waals surface area contributed by atoms with Gasteiger partial charge in [-0.3, -0.25) is 0 Å². The third-order valence-electron chi connectivity index (χ3n) is 3.07. The number of benzene rings is 1. The average Bonchev–Trinajstić information content (AvgIpc) is 2.44. The van der Waals surface area contributed by atoms with Gasteiger partial charge >= 0.3 is 12.2 Å². The van der Waals surface area contributed by atoms with Crippen molar-refractivity contribution in [2.45, 2.75) is 52.7 Å². The van der Waals surface area contributed by atoms with E-state index < -0.39 is 23.4 Å². The molecule has 7 heteroatoms. The van der Waals surface area contributed by atoms with E-state index in [0.717, 1.165) is 14.8 Å². The Hall–Kier alpha value is -2.15. The molecule has 1 aromatic heterocycles. The summed E-state index contributed by atoms with van der Waals surface area (Å²) in [7, 11) is 0. The molecule has 0 aliphatic carbocycles. The Labute approximate surface area is 161 Å². The lowest BCUT2D eigenvalue weighted by Gasteiger charge is -2.28. The first-order valence-electron chi connectivity index (χ1n) is 8.18. The van der Waals surface area contributed by atoms with Gasteiger partial charge in [0.2, 0.25) is 0 Å². The molecule has 0 N–H and O–H groups in total. The minimum absolute atomic E-state index is 0.160. The van der Waals surface area contributed by atoms with Crippen molar-refractivity contribution in [1.82, 2.24) is 4.98 Å². The third kappa shape index (κ3) is 5.17. The standard InChI is InChI=1S/C19H23BrN2O4/c1-18(2,3)25-16(23)22(17(24)26-19(4,5)6)15-14-11-13(20)8-7-12(14)9-10-21-15/h7-11H,1-6H3. The molecule has 1 heterocycles. The van der Waals surface area contributed by atoms with Crippen LogP contribution in [0.15, 0.2) is 34.9 Å². The molecule has 140 valence electrons. The zero-order valence-electron chi connectivity index (χ0n) is 15.8. The molecular weight excluding hydrogens is 400 g/mol. The van der Waals surface area contributed by atoms with Crippen LogP contribution in [0.25, 0.3) is 10.8 Å². The molecular formula is C19H23BrN2O4. The van der Waals surface area contributed by atoms with Crippen LogP contribution in [0.3, 0.4) is 0 Å². The van der Waals surface area contributed by atoms with Crippen LogP contribution in [0.2, 0.25) is 0 Å². The van der Waals surface area contributed by atoms with Crippen LogP contribution in [-0.2, 0) is 9.47 Å². The van der Waals surface area contributed by atoms with Gasteiger partial charge in [-0.25, -0.2) is 14.6 Å². The van der Waals surface area contributed by atoms with Crippen LogP contribution >= 0.6 is 15.9 Å². The molecule has 2 rings (SSSR count). The van der Waals surface area contributed by atoms with Gasteiger partial charge in [0.25, 0.3) is 0 Å². The maximum atomic E-state index is 12.8. The van der Waals surface area contributed by atoms with Crippen molar-refractivity contribution in [1.29, 1.82) is 0 Å². The number of aromatic nitrogens is 1. The van der Waals surface area contributed by atoms with Crippen LogP contribution in [0, 0.1) is 0 Å². The molecule has 0 aliphatic heterocycles. The molecule has 0 saturated heterocycles. The summed E-state index contributed by atoms with van der Waals surface area (Å²) in [6, 6.07) is 7.33. The number of imide groups is 1. The van der Waals surface area contributed by atoms with Gasteiger partial charge in [-0.05, 0) is 65.1 Å². The number of carbonyl (C=O) groups excluding carboxylic acids is 2. The normalized spacial score (nSPS) is 12.0. The smallest absolute Gasteiger partial charge is 0.425 e. The minimum Gasteiger partial charge on any atom is -0.443 e. The number of pyridine rings is 1. The number of rotatable bonds is 1. The molecule has 0 bridgehead atoms. The molecule has 0 spiro atoms. The molecule has 0 fully saturated rings. The van der Waals surface area contributed by atoms with Crippen molar-refractivity contribution in [3.63, 3.8) is 0 Å². The average molecular weight is 423 g/mol. The van der Waals surface area contributed by atoms with Gasteiger partial charge in [0.15, 0.2) is 5.82 Å². The Bertz CT molecular complexity index is 810. The van der Waals surface area contributed by atoms with E-state index in [9.17, 15) is 9.59 Å². The SMILES string of the molecule is CC(C)(C)OC(=O)N(C(=O)OC(C)(C)C)c1nccc2ccc(Br)cc12. The van der Waals surface area contributed by atoms with Crippen molar-refractivity contribution in [2.75, 3.05) is 4.90 Å². The molecule has 26 heavy (non-hydrogen) atoms. The topological polar surface area (TPSA) is 68.7 Å². The highest BCUT2D eigenvalue weighted by molar-refractivity contribution is 9.10. The first-order chi connectivity index (χ1) is 11.9. The monoisotopic (exact) mass is 422 g/mol.